The number of ether oxygens (including phenoxy) is 4. The maximum absolute atomic E-state index is 12.7. The van der Waals surface area contributed by atoms with Gasteiger partial charge < -0.3 is 90.7 Å². The second-order valence-corrected chi connectivity index (χ2v) is 20.1. The zero-order chi connectivity index (χ0) is 54.4. The quantitative estimate of drug-likeness (QED) is 0.124. The third kappa shape index (κ3) is 22.6. The van der Waals surface area contributed by atoms with Crippen molar-refractivity contribution in [2.75, 3.05) is 27.2 Å². The second-order valence-electron chi connectivity index (χ2n) is 19.7. The van der Waals surface area contributed by atoms with E-state index in [-0.39, 0.29) is 36.7 Å². The Labute approximate surface area is 434 Å². The zero-order valence-corrected chi connectivity index (χ0v) is 43.6. The molecule has 0 saturated carbocycles. The summed E-state index contributed by atoms with van der Waals surface area (Å²) < 4.78 is 23.7. The predicted octanol–water partition coefficient (Wildman–Crippen LogP) is 0.779. The van der Waals surface area contributed by atoms with Gasteiger partial charge in [0.15, 0.2) is 17.2 Å². The molecule has 2 bridgehead atoms. The van der Waals surface area contributed by atoms with E-state index in [1.54, 1.807) is 75.5 Å². The molecule has 2 saturated heterocycles. The van der Waals surface area contributed by atoms with Crippen LogP contribution in [0.4, 0.5) is 0 Å². The first-order valence-electron chi connectivity index (χ1n) is 25.0. The molecular formula is C52H83N3O17S. The number of aliphatic hydroxyl groups is 10. The standard InChI is InChI=1S/C52H83N3O17S/c1-31-19-17-15-13-11-9-7-8-10-12-14-16-18-20-38(71-50-48(65)45(47(64)34(4)70-50)54-51(73)53-23-24-55(5)6)28-42-44(49(66)67)41(61)30-52(68,72-42)29-37(58)26-40(60)39(59)22-21-35(56)25-36(57)27-43(62)69-33(3)32(2)46(31)63/h7-20,31-42,44-48,50,56-61,63-65,68H,21-30H2,1-6H3,(H,66,67)(H2,53,54,73)/b8-7+,11-9+,12-10+,15-13+,16-14+,19-17+,20-18+/t31-,32-,33-,34-,35+,36+,37-,38-,39+,40+,41-,42-,44+,45-,46+,47+,48-,50-,52+/m0/s1. The van der Waals surface area contributed by atoms with E-state index in [2.05, 4.69) is 10.6 Å². The number of hydrogen-bond donors (Lipinski definition) is 13. The highest BCUT2D eigenvalue weighted by Crippen LogP contribution is 2.38. The number of aliphatic carboxylic acids is 1. The molecule has 21 heteroatoms. The lowest BCUT2D eigenvalue weighted by Crippen LogP contribution is -2.65. The third-order valence-electron chi connectivity index (χ3n) is 13.1. The number of carboxylic acids is 1. The highest BCUT2D eigenvalue weighted by atomic mass is 32.1. The van der Waals surface area contributed by atoms with Gasteiger partial charge in [-0.25, -0.2) is 0 Å². The molecular weight excluding hydrogens is 971 g/mol. The van der Waals surface area contributed by atoms with Crippen LogP contribution in [0.3, 0.4) is 0 Å². The lowest BCUT2D eigenvalue weighted by molar-refractivity contribution is -0.309. The van der Waals surface area contributed by atoms with Gasteiger partial charge in [-0.15, -0.1) is 0 Å². The van der Waals surface area contributed by atoms with Gasteiger partial charge in [0.1, 0.15) is 24.2 Å². The monoisotopic (exact) mass is 1050 g/mol. The number of likely N-dealkylation sites (N-methyl/N-ethyl adjacent to an activating group) is 1. The number of nitrogens with one attached hydrogen (secondary N) is 2. The van der Waals surface area contributed by atoms with Gasteiger partial charge in [0.2, 0.25) is 0 Å². The normalized spacial score (nSPS) is 41.7. The molecule has 0 aromatic carbocycles. The molecule has 0 aromatic heterocycles. The van der Waals surface area contributed by atoms with Gasteiger partial charge in [0, 0.05) is 50.6 Å². The summed E-state index contributed by atoms with van der Waals surface area (Å²) in [4.78, 5) is 27.3. The van der Waals surface area contributed by atoms with Gasteiger partial charge in [-0.2, -0.15) is 0 Å². The summed E-state index contributed by atoms with van der Waals surface area (Å²) in [6, 6.07) is -1.07. The van der Waals surface area contributed by atoms with Crippen LogP contribution in [0, 0.1) is 17.8 Å². The minimum absolute atomic E-state index is 0.114. The number of thiocarbonyl (C=S) groups is 1. The Morgan fingerprint density at radius 1 is 0.726 bits per heavy atom. The second kappa shape index (κ2) is 32.0. The van der Waals surface area contributed by atoms with Gasteiger partial charge in [-0.3, -0.25) is 9.59 Å². The largest absolute Gasteiger partial charge is 0.481 e. The van der Waals surface area contributed by atoms with Crippen LogP contribution in [0.5, 0.6) is 0 Å². The summed E-state index contributed by atoms with van der Waals surface area (Å²) in [5, 5.41) is 127. The molecule has 0 amide bonds. The van der Waals surface area contributed by atoms with Gasteiger partial charge in [0.25, 0.3) is 0 Å². The minimum Gasteiger partial charge on any atom is -0.481 e. The first-order chi connectivity index (χ1) is 34.4. The van der Waals surface area contributed by atoms with E-state index in [0.717, 1.165) is 0 Å². The van der Waals surface area contributed by atoms with E-state index in [9.17, 15) is 65.8 Å². The molecule has 13 N–H and O–H groups in total. The van der Waals surface area contributed by atoms with Crippen LogP contribution in [0.2, 0.25) is 0 Å². The number of fused-ring (bicyclic) bond motifs is 2. The first-order valence-corrected chi connectivity index (χ1v) is 25.4. The summed E-state index contributed by atoms with van der Waals surface area (Å²) in [5.41, 5.74) is 0. The summed E-state index contributed by atoms with van der Waals surface area (Å²) >= 11 is 5.43. The van der Waals surface area contributed by atoms with Crippen molar-refractivity contribution < 1.29 is 84.7 Å². The molecule has 3 aliphatic heterocycles. The fraction of sp³-hybridized carbons (Fsp3) is 0.673. The Balaban J connectivity index is 1.91. The topological polar surface area (TPSA) is 321 Å². The van der Waals surface area contributed by atoms with E-state index in [0.29, 0.717) is 13.1 Å². The van der Waals surface area contributed by atoms with Crippen LogP contribution in [0.15, 0.2) is 85.1 Å². The van der Waals surface area contributed by atoms with Crippen molar-refractivity contribution in [3.8, 4) is 0 Å². The van der Waals surface area contributed by atoms with Crippen LogP contribution in [0.1, 0.15) is 79.1 Å². The fourth-order valence-corrected chi connectivity index (χ4v) is 8.94. The van der Waals surface area contributed by atoms with Gasteiger partial charge in [0.05, 0.1) is 73.5 Å². The van der Waals surface area contributed by atoms with Crippen LogP contribution >= 0.6 is 12.2 Å². The molecule has 20 nitrogen and oxygen atoms in total. The lowest BCUT2D eigenvalue weighted by Gasteiger charge is -2.45. The smallest absolute Gasteiger partial charge is 0.311 e. The van der Waals surface area contributed by atoms with Crippen LogP contribution in [0.25, 0.3) is 0 Å². The SMILES string of the molecule is C[C@@H]1[C@H](O)[C@@H](C)/C=C/C=C/C=C/C=C/C=C/C=C/C=C/[C@H](O[C@@H]2O[C@@H](C)[C@@H](O)[C@H](NC(=S)NCCN(C)C)[C@@H]2O)C[C@@H]2O[C@](O)(C[C@@H](O)C[C@@H](O)[C@H](O)CC[C@@H](O)C[C@@H](O)CC(=O)O[C@H]1C)C[C@H](O)[C@H]2C(=O)O. The molecule has 0 unspecified atom stereocenters. The number of carbonyl (C=O) groups is 2. The minimum atomic E-state index is -2.35. The molecule has 73 heavy (non-hydrogen) atoms. The highest BCUT2D eigenvalue weighted by Gasteiger charge is 2.51. The van der Waals surface area contributed by atoms with Crippen LogP contribution in [-0.4, -0.2) is 203 Å². The van der Waals surface area contributed by atoms with Crippen LogP contribution in [-0.2, 0) is 28.5 Å². The molecule has 3 heterocycles. The van der Waals surface area contributed by atoms with E-state index in [1.807, 2.05) is 50.2 Å². The van der Waals surface area contributed by atoms with Crippen molar-refractivity contribution in [2.45, 2.75) is 177 Å². The molecule has 3 aliphatic rings. The maximum atomic E-state index is 12.7. The molecule has 3 rings (SSSR count). The number of hydrogen-bond acceptors (Lipinski definition) is 18. The highest BCUT2D eigenvalue weighted by molar-refractivity contribution is 7.80. The van der Waals surface area contributed by atoms with E-state index in [1.165, 1.54) is 6.08 Å². The number of aliphatic hydroxyl groups excluding tert-OH is 9. The average Bonchev–Trinajstić information content (AvgIpc) is 3.29. The Morgan fingerprint density at radius 2 is 1.32 bits per heavy atom. The summed E-state index contributed by atoms with van der Waals surface area (Å²) in [5.74, 6) is -6.90. The molecule has 0 aliphatic carbocycles. The lowest BCUT2D eigenvalue weighted by atomic mass is 9.82. The Morgan fingerprint density at radius 3 is 1.90 bits per heavy atom. The molecule has 414 valence electrons. The van der Waals surface area contributed by atoms with Gasteiger partial charge >= 0.3 is 11.9 Å². The first kappa shape index (κ1) is 63.5. The Bertz CT molecular complexity index is 1900. The number of rotatable bonds is 7. The molecule has 0 spiro atoms. The maximum Gasteiger partial charge on any atom is 0.311 e. The Kier molecular flexibility index (Phi) is 27.8. The van der Waals surface area contributed by atoms with Crippen molar-refractivity contribution in [1.82, 2.24) is 15.5 Å². The van der Waals surface area contributed by atoms with Crippen molar-refractivity contribution in [2.24, 2.45) is 17.8 Å². The Hall–Kier alpha value is -3.75. The zero-order valence-electron chi connectivity index (χ0n) is 42.8. The molecule has 0 radical (unpaired) electrons. The number of carbonyl (C=O) groups excluding carboxylic acids is 1. The van der Waals surface area contributed by atoms with Gasteiger partial charge in [-0.1, -0.05) is 98.9 Å². The molecule has 2 fully saturated rings. The molecule has 0 aromatic rings. The van der Waals surface area contributed by atoms with Crippen molar-refractivity contribution in [3.05, 3.63) is 85.1 Å². The van der Waals surface area contributed by atoms with Gasteiger partial charge in [-0.05, 0) is 59.4 Å². The van der Waals surface area contributed by atoms with Crippen molar-refractivity contribution in [1.29, 1.82) is 0 Å². The average molecular weight is 1050 g/mol. The number of carboxylic acid groups (broad SMARTS) is 1. The van der Waals surface area contributed by atoms with E-state index >= 15 is 0 Å². The predicted molar refractivity (Wildman–Crippen MR) is 275 cm³/mol. The van der Waals surface area contributed by atoms with E-state index < -0.39 is 147 Å². The van der Waals surface area contributed by atoms with E-state index in [4.69, 9.17) is 31.2 Å². The van der Waals surface area contributed by atoms with Crippen LogP contribution < -0.4 is 10.6 Å². The van der Waals surface area contributed by atoms with Crippen molar-refractivity contribution in [3.63, 3.8) is 0 Å². The fourth-order valence-electron chi connectivity index (χ4n) is 8.70. The van der Waals surface area contributed by atoms with Crippen molar-refractivity contribution >= 4 is 29.3 Å². The summed E-state index contributed by atoms with van der Waals surface area (Å²) in [7, 11) is 3.78. The number of allylic oxidation sites excluding steroid dienone is 12. The molecule has 19 atom stereocenters. The number of cyclic esters (lactones) is 1. The summed E-state index contributed by atoms with van der Waals surface area (Å²) in [6.07, 6.45) is 3.15. The third-order valence-corrected chi connectivity index (χ3v) is 13.4. The number of nitrogens with zero attached hydrogens (tertiary/aromatic N) is 1. The number of esters is 1. The summed E-state index contributed by atoms with van der Waals surface area (Å²) in [6.45, 7) is 7.90.